The molecule has 168 valence electrons. The van der Waals surface area contributed by atoms with E-state index >= 15 is 0 Å². The number of cyclic esters (lactones) is 1. The monoisotopic (exact) mass is 455 g/mol. The van der Waals surface area contributed by atoms with Gasteiger partial charge in [-0.05, 0) is 28.0 Å². The second-order valence-corrected chi connectivity index (χ2v) is 14.7. The van der Waals surface area contributed by atoms with Gasteiger partial charge < -0.3 is 9.47 Å². The van der Waals surface area contributed by atoms with E-state index in [1.165, 1.54) is 5.20 Å². The topological polar surface area (TPSA) is 38.8 Å². The summed E-state index contributed by atoms with van der Waals surface area (Å²) in [6, 6.07) is 30.1. The zero-order valence-electron chi connectivity index (χ0n) is 19.2. The molecule has 2 aliphatic heterocycles. The average Bonchev–Trinajstić information content (AvgIpc) is 3.42. The second-order valence-electron chi connectivity index (χ2n) is 9.67. The number of rotatable bonds is 5. The minimum atomic E-state index is -1.71. The van der Waals surface area contributed by atoms with Gasteiger partial charge in [0, 0.05) is 0 Å². The molecule has 0 saturated carbocycles. The van der Waals surface area contributed by atoms with E-state index in [0.29, 0.717) is 0 Å². The SMILES string of the molecule is C[Si](C)(C)C1=C[C@@H](N2C(=O)O[C@@H](c3ccccc3)[C@H]2c2ccccc2)O[C@@H]1c1ccccc1. The molecule has 2 aliphatic rings. The quantitative estimate of drug-likeness (QED) is 0.396. The van der Waals surface area contributed by atoms with E-state index in [-0.39, 0.29) is 18.2 Å². The summed E-state index contributed by atoms with van der Waals surface area (Å²) >= 11 is 0. The Labute approximate surface area is 196 Å². The summed E-state index contributed by atoms with van der Waals surface area (Å²) in [5.74, 6) is 0. The van der Waals surface area contributed by atoms with Crippen LogP contribution in [0.4, 0.5) is 4.79 Å². The number of nitrogens with zero attached hydrogens (tertiary/aromatic N) is 1. The van der Waals surface area contributed by atoms with Crippen molar-refractivity contribution in [3.8, 4) is 0 Å². The molecule has 0 aliphatic carbocycles. The Morgan fingerprint density at radius 3 is 1.79 bits per heavy atom. The second kappa shape index (κ2) is 8.65. The smallest absolute Gasteiger partial charge is 0.413 e. The van der Waals surface area contributed by atoms with Crippen LogP contribution in [0.3, 0.4) is 0 Å². The molecule has 0 radical (unpaired) electrons. The molecule has 1 saturated heterocycles. The molecule has 3 aromatic rings. The van der Waals surface area contributed by atoms with Crippen LogP contribution in [-0.4, -0.2) is 25.3 Å². The highest BCUT2D eigenvalue weighted by molar-refractivity contribution is 6.83. The molecule has 33 heavy (non-hydrogen) atoms. The van der Waals surface area contributed by atoms with Gasteiger partial charge in [-0.3, -0.25) is 4.90 Å². The van der Waals surface area contributed by atoms with Crippen molar-refractivity contribution in [2.24, 2.45) is 0 Å². The van der Waals surface area contributed by atoms with Crippen molar-refractivity contribution in [2.45, 2.75) is 44.1 Å². The van der Waals surface area contributed by atoms with Gasteiger partial charge in [0.05, 0.1) is 8.07 Å². The van der Waals surface area contributed by atoms with E-state index in [9.17, 15) is 4.79 Å². The Morgan fingerprint density at radius 2 is 1.24 bits per heavy atom. The van der Waals surface area contributed by atoms with E-state index < -0.39 is 20.4 Å². The van der Waals surface area contributed by atoms with Crippen LogP contribution in [0.2, 0.25) is 19.6 Å². The summed E-state index contributed by atoms with van der Waals surface area (Å²) in [6.07, 6.45) is 0.798. The normalized spacial score (nSPS) is 25.1. The molecule has 1 fully saturated rings. The number of carbonyl (C=O) groups is 1. The Hall–Kier alpha value is -3.15. The first-order chi connectivity index (χ1) is 15.9. The predicted molar refractivity (Wildman–Crippen MR) is 132 cm³/mol. The summed E-state index contributed by atoms with van der Waals surface area (Å²) in [5, 5.41) is 1.31. The molecule has 0 bridgehead atoms. The maximum atomic E-state index is 13.3. The van der Waals surface area contributed by atoms with Crippen molar-refractivity contribution < 1.29 is 14.3 Å². The Bertz CT molecular complexity index is 1140. The standard InChI is InChI=1S/C28H29NO3Si/c1-33(2,3)23-19-24(31-26(23)21-15-9-5-10-16-21)29-25(20-13-7-4-8-14-20)27(32-28(29)30)22-17-11-6-12-18-22/h4-19,24-27H,1-3H3/t24-,25+,26+,27-/m0/s1. The highest BCUT2D eigenvalue weighted by Crippen LogP contribution is 2.48. The molecule has 0 unspecified atom stereocenters. The number of hydrogen-bond acceptors (Lipinski definition) is 3. The minimum absolute atomic E-state index is 0.150. The van der Waals surface area contributed by atoms with Crippen LogP contribution in [0.5, 0.6) is 0 Å². The van der Waals surface area contributed by atoms with Gasteiger partial charge in [-0.2, -0.15) is 0 Å². The van der Waals surface area contributed by atoms with Crippen molar-refractivity contribution in [1.29, 1.82) is 0 Å². The Balaban J connectivity index is 1.57. The van der Waals surface area contributed by atoms with Crippen molar-refractivity contribution in [3.63, 3.8) is 0 Å². The van der Waals surface area contributed by atoms with Gasteiger partial charge in [0.15, 0.2) is 12.3 Å². The summed E-state index contributed by atoms with van der Waals surface area (Å²) in [7, 11) is -1.71. The lowest BCUT2D eigenvalue weighted by Gasteiger charge is -2.30. The van der Waals surface area contributed by atoms with Gasteiger partial charge in [-0.1, -0.05) is 111 Å². The number of hydrogen-bond donors (Lipinski definition) is 0. The maximum Gasteiger partial charge on any atom is 0.413 e. The third kappa shape index (κ3) is 4.14. The van der Waals surface area contributed by atoms with Crippen molar-refractivity contribution >= 4 is 14.2 Å². The summed E-state index contributed by atoms with van der Waals surface area (Å²) in [5.41, 5.74) is 3.14. The fourth-order valence-corrected chi connectivity index (χ4v) is 6.47. The molecule has 3 aromatic carbocycles. The first kappa shape index (κ1) is 21.7. The highest BCUT2D eigenvalue weighted by Gasteiger charge is 2.49. The first-order valence-electron chi connectivity index (χ1n) is 11.4. The van der Waals surface area contributed by atoms with Gasteiger partial charge in [0.1, 0.15) is 12.1 Å². The van der Waals surface area contributed by atoms with E-state index in [1.807, 2.05) is 66.7 Å². The molecule has 4 nitrogen and oxygen atoms in total. The van der Waals surface area contributed by atoms with Crippen molar-refractivity contribution in [3.05, 3.63) is 119 Å². The molecule has 0 spiro atoms. The first-order valence-corrected chi connectivity index (χ1v) is 14.9. The van der Waals surface area contributed by atoms with Crippen LogP contribution in [-0.2, 0) is 9.47 Å². The van der Waals surface area contributed by atoms with Crippen LogP contribution < -0.4 is 0 Å². The lowest BCUT2D eigenvalue weighted by atomic mass is 9.95. The van der Waals surface area contributed by atoms with E-state index in [4.69, 9.17) is 9.47 Å². The zero-order valence-corrected chi connectivity index (χ0v) is 20.2. The van der Waals surface area contributed by atoms with Crippen LogP contribution in [0.1, 0.15) is 34.9 Å². The lowest BCUT2D eigenvalue weighted by Crippen LogP contribution is -2.37. The Morgan fingerprint density at radius 1 is 0.727 bits per heavy atom. The van der Waals surface area contributed by atoms with Gasteiger partial charge in [0.25, 0.3) is 0 Å². The van der Waals surface area contributed by atoms with Gasteiger partial charge >= 0.3 is 6.09 Å². The van der Waals surface area contributed by atoms with E-state index in [2.05, 4.69) is 50.0 Å². The number of ether oxygens (including phenoxy) is 2. The van der Waals surface area contributed by atoms with Crippen LogP contribution in [0, 0.1) is 0 Å². The number of carbonyl (C=O) groups excluding carboxylic acids is 1. The largest absolute Gasteiger partial charge is 0.439 e. The summed E-state index contributed by atoms with van der Waals surface area (Å²) < 4.78 is 12.6. The van der Waals surface area contributed by atoms with Crippen LogP contribution in [0.15, 0.2) is 102 Å². The Kier molecular flexibility index (Phi) is 5.68. The van der Waals surface area contributed by atoms with Crippen molar-refractivity contribution in [1.82, 2.24) is 4.90 Å². The fraction of sp³-hybridized carbons (Fsp3) is 0.250. The summed E-state index contributed by atoms with van der Waals surface area (Å²) in [4.78, 5) is 15.1. The maximum absolute atomic E-state index is 13.3. The zero-order chi connectivity index (χ0) is 23.0. The van der Waals surface area contributed by atoms with Crippen LogP contribution in [0.25, 0.3) is 0 Å². The molecular weight excluding hydrogens is 426 g/mol. The van der Waals surface area contributed by atoms with Crippen molar-refractivity contribution in [2.75, 3.05) is 0 Å². The number of benzene rings is 3. The fourth-order valence-electron chi connectivity index (χ4n) is 4.80. The molecule has 5 rings (SSSR count). The van der Waals surface area contributed by atoms with E-state index in [1.54, 1.807) is 4.90 Å². The van der Waals surface area contributed by atoms with Gasteiger partial charge in [0.2, 0.25) is 0 Å². The lowest BCUT2D eigenvalue weighted by molar-refractivity contribution is -0.0308. The third-order valence-electron chi connectivity index (χ3n) is 6.42. The summed E-state index contributed by atoms with van der Waals surface area (Å²) in [6.45, 7) is 6.97. The molecule has 1 amide bonds. The predicted octanol–water partition coefficient (Wildman–Crippen LogP) is 6.82. The van der Waals surface area contributed by atoms with Gasteiger partial charge in [-0.15, -0.1) is 0 Å². The van der Waals surface area contributed by atoms with Crippen LogP contribution >= 0.6 is 0 Å². The van der Waals surface area contributed by atoms with E-state index in [0.717, 1.165) is 16.7 Å². The molecule has 4 atom stereocenters. The molecule has 0 N–H and O–H groups in total. The molecule has 2 heterocycles. The highest BCUT2D eigenvalue weighted by atomic mass is 28.3. The molecule has 5 heteroatoms. The number of amides is 1. The van der Waals surface area contributed by atoms with Gasteiger partial charge in [-0.25, -0.2) is 4.79 Å². The molecular formula is C28H29NO3Si. The third-order valence-corrected chi connectivity index (χ3v) is 8.58. The average molecular weight is 456 g/mol. The molecule has 0 aromatic heterocycles. The minimum Gasteiger partial charge on any atom is -0.439 e.